The van der Waals surface area contributed by atoms with Gasteiger partial charge in [-0.1, -0.05) is 0 Å². The summed E-state index contributed by atoms with van der Waals surface area (Å²) in [5.74, 6) is 0.530. The minimum atomic E-state index is -0.140. The first-order valence-electron chi connectivity index (χ1n) is 9.03. The van der Waals surface area contributed by atoms with E-state index in [2.05, 4.69) is 30.4 Å². The van der Waals surface area contributed by atoms with Gasteiger partial charge in [0.25, 0.3) is 5.91 Å². The van der Waals surface area contributed by atoms with Crippen LogP contribution in [-0.4, -0.2) is 54.6 Å². The van der Waals surface area contributed by atoms with E-state index in [1.165, 1.54) is 0 Å². The molecule has 0 bridgehead atoms. The van der Waals surface area contributed by atoms with E-state index in [1.807, 2.05) is 32.4 Å². The Bertz CT molecular complexity index is 946. The molecule has 140 valence electrons. The third kappa shape index (κ3) is 3.67. The van der Waals surface area contributed by atoms with Crippen LogP contribution in [0.1, 0.15) is 23.8 Å². The second kappa shape index (κ2) is 7.18. The molecule has 1 N–H and O–H groups in total. The van der Waals surface area contributed by atoms with Gasteiger partial charge in [0.2, 0.25) is 5.95 Å². The van der Waals surface area contributed by atoms with Crippen molar-refractivity contribution in [3.8, 4) is 11.3 Å². The molecule has 0 aromatic carbocycles. The number of carbonyl (C=O) groups excluding carboxylic acids is 1. The van der Waals surface area contributed by atoms with Crippen molar-refractivity contribution < 1.29 is 4.79 Å². The van der Waals surface area contributed by atoms with Gasteiger partial charge in [0.1, 0.15) is 5.69 Å². The molecule has 4 rings (SSSR count). The van der Waals surface area contributed by atoms with Crippen LogP contribution in [-0.2, 0) is 13.6 Å². The average molecular weight is 366 g/mol. The Morgan fingerprint density at radius 2 is 2.26 bits per heavy atom. The molecule has 0 radical (unpaired) electrons. The molecule has 3 aromatic rings. The monoisotopic (exact) mass is 366 g/mol. The Kier molecular flexibility index (Phi) is 4.57. The highest BCUT2D eigenvalue weighted by Gasteiger charge is 2.26. The lowest BCUT2D eigenvalue weighted by atomic mass is 10.2. The first kappa shape index (κ1) is 17.2. The average Bonchev–Trinajstić information content (AvgIpc) is 3.42. The molecule has 0 saturated carbocycles. The van der Waals surface area contributed by atoms with Crippen molar-refractivity contribution in [2.45, 2.75) is 25.9 Å². The van der Waals surface area contributed by atoms with Crippen molar-refractivity contribution >= 4 is 11.9 Å². The summed E-state index contributed by atoms with van der Waals surface area (Å²) in [5, 5.41) is 11.5. The van der Waals surface area contributed by atoms with Gasteiger partial charge in [-0.25, -0.2) is 9.97 Å². The quantitative estimate of drug-likeness (QED) is 0.727. The summed E-state index contributed by atoms with van der Waals surface area (Å²) in [4.78, 5) is 23.5. The molecule has 1 fully saturated rings. The van der Waals surface area contributed by atoms with Gasteiger partial charge in [-0.3, -0.25) is 14.2 Å². The number of hydrogen-bond donors (Lipinski definition) is 1. The van der Waals surface area contributed by atoms with E-state index in [0.717, 1.165) is 30.8 Å². The molecule has 1 saturated heterocycles. The van der Waals surface area contributed by atoms with Gasteiger partial charge in [0.05, 0.1) is 11.9 Å². The van der Waals surface area contributed by atoms with Crippen molar-refractivity contribution in [1.29, 1.82) is 0 Å². The topological polar surface area (TPSA) is 93.8 Å². The molecular weight excluding hydrogens is 344 g/mol. The summed E-state index contributed by atoms with van der Waals surface area (Å²) < 4.78 is 3.49. The van der Waals surface area contributed by atoms with Crippen molar-refractivity contribution in [2.75, 3.05) is 18.0 Å². The lowest BCUT2D eigenvalue weighted by Gasteiger charge is -2.17. The van der Waals surface area contributed by atoms with Gasteiger partial charge in [-0.05, 0) is 25.5 Å². The number of rotatable bonds is 5. The maximum atomic E-state index is 12.4. The number of nitrogens with one attached hydrogen (secondary N) is 1. The molecule has 1 atom stereocenters. The molecule has 9 heteroatoms. The molecule has 1 aliphatic rings. The maximum Gasteiger partial charge on any atom is 0.272 e. The Hall–Kier alpha value is -3.23. The smallest absolute Gasteiger partial charge is 0.272 e. The van der Waals surface area contributed by atoms with Crippen LogP contribution >= 0.6 is 0 Å². The van der Waals surface area contributed by atoms with Crippen LogP contribution in [0.4, 0.5) is 5.95 Å². The molecule has 27 heavy (non-hydrogen) atoms. The molecule has 9 nitrogen and oxygen atoms in total. The fraction of sp³-hybridized carbons (Fsp3) is 0.389. The molecule has 3 aromatic heterocycles. The van der Waals surface area contributed by atoms with Gasteiger partial charge in [-0.2, -0.15) is 10.2 Å². The van der Waals surface area contributed by atoms with Gasteiger partial charge >= 0.3 is 0 Å². The highest BCUT2D eigenvalue weighted by molar-refractivity contribution is 5.92. The summed E-state index contributed by atoms with van der Waals surface area (Å²) in [6.07, 6.45) is 8.13. The molecule has 0 spiro atoms. The zero-order valence-electron chi connectivity index (χ0n) is 15.4. The van der Waals surface area contributed by atoms with Crippen LogP contribution in [0.15, 0.2) is 36.9 Å². The standard InChI is InChI=1S/C18H22N8O/c1-3-26-9-6-16(23-26)17(27)21-14-5-8-25(12-14)18-19-7-4-15(22-18)13-10-20-24(2)11-13/h4,6-7,9-11,14H,3,5,8,12H2,1-2H3,(H,21,27). The summed E-state index contributed by atoms with van der Waals surface area (Å²) in [7, 11) is 1.88. The van der Waals surface area contributed by atoms with Crippen molar-refractivity contribution in [3.63, 3.8) is 0 Å². The first-order chi connectivity index (χ1) is 13.1. The Morgan fingerprint density at radius 3 is 3.00 bits per heavy atom. The van der Waals surface area contributed by atoms with E-state index in [4.69, 9.17) is 0 Å². The number of amides is 1. The van der Waals surface area contributed by atoms with Gasteiger partial charge in [0, 0.05) is 56.9 Å². The largest absolute Gasteiger partial charge is 0.346 e. The van der Waals surface area contributed by atoms with E-state index < -0.39 is 0 Å². The fourth-order valence-electron chi connectivity index (χ4n) is 3.19. The number of anilines is 1. The summed E-state index contributed by atoms with van der Waals surface area (Å²) >= 11 is 0. The minimum Gasteiger partial charge on any atom is -0.346 e. The van der Waals surface area contributed by atoms with Crippen LogP contribution in [0, 0.1) is 0 Å². The predicted molar refractivity (Wildman–Crippen MR) is 100 cm³/mol. The first-order valence-corrected chi connectivity index (χ1v) is 9.03. The second-order valence-corrected chi connectivity index (χ2v) is 6.61. The SMILES string of the molecule is CCn1ccc(C(=O)NC2CCN(c3nccc(-c4cnn(C)c4)n3)C2)n1. The molecule has 4 heterocycles. The van der Waals surface area contributed by atoms with Gasteiger partial charge in [-0.15, -0.1) is 0 Å². The van der Waals surface area contributed by atoms with E-state index in [-0.39, 0.29) is 11.9 Å². The summed E-state index contributed by atoms with van der Waals surface area (Å²) in [6.45, 7) is 4.21. The lowest BCUT2D eigenvalue weighted by molar-refractivity contribution is 0.0934. The van der Waals surface area contributed by atoms with Crippen molar-refractivity contribution in [1.82, 2.24) is 34.8 Å². The third-order valence-electron chi connectivity index (χ3n) is 4.65. The summed E-state index contributed by atoms with van der Waals surface area (Å²) in [5.41, 5.74) is 2.24. The molecule has 1 unspecified atom stereocenters. The summed E-state index contributed by atoms with van der Waals surface area (Å²) in [6, 6.07) is 3.67. The Labute approximate surface area is 157 Å². The number of aryl methyl sites for hydroxylation is 2. The van der Waals surface area contributed by atoms with E-state index >= 15 is 0 Å². The van der Waals surface area contributed by atoms with Crippen LogP contribution in [0.25, 0.3) is 11.3 Å². The van der Waals surface area contributed by atoms with Crippen LogP contribution in [0.2, 0.25) is 0 Å². The zero-order valence-corrected chi connectivity index (χ0v) is 15.4. The van der Waals surface area contributed by atoms with E-state index in [0.29, 0.717) is 18.2 Å². The van der Waals surface area contributed by atoms with E-state index in [1.54, 1.807) is 27.8 Å². The lowest BCUT2D eigenvalue weighted by Crippen LogP contribution is -2.37. The minimum absolute atomic E-state index is 0.0509. The van der Waals surface area contributed by atoms with Crippen LogP contribution < -0.4 is 10.2 Å². The third-order valence-corrected chi connectivity index (χ3v) is 4.65. The maximum absolute atomic E-state index is 12.4. The second-order valence-electron chi connectivity index (χ2n) is 6.61. The van der Waals surface area contributed by atoms with Gasteiger partial charge in [0.15, 0.2) is 0 Å². The predicted octanol–water partition coefficient (Wildman–Crippen LogP) is 1.10. The van der Waals surface area contributed by atoms with Crippen molar-refractivity contribution in [2.24, 2.45) is 7.05 Å². The normalized spacial score (nSPS) is 16.7. The van der Waals surface area contributed by atoms with Crippen molar-refractivity contribution in [3.05, 3.63) is 42.6 Å². The van der Waals surface area contributed by atoms with E-state index in [9.17, 15) is 4.79 Å². The highest BCUT2D eigenvalue weighted by atomic mass is 16.2. The molecule has 0 aliphatic carbocycles. The van der Waals surface area contributed by atoms with Gasteiger partial charge < -0.3 is 10.2 Å². The molecular formula is C18H22N8O. The molecule has 1 amide bonds. The number of aromatic nitrogens is 6. The van der Waals surface area contributed by atoms with Crippen LogP contribution in [0.5, 0.6) is 0 Å². The fourth-order valence-corrected chi connectivity index (χ4v) is 3.19. The van der Waals surface area contributed by atoms with Crippen LogP contribution in [0.3, 0.4) is 0 Å². The highest BCUT2D eigenvalue weighted by Crippen LogP contribution is 2.21. The Balaban J connectivity index is 1.41. The number of nitrogens with zero attached hydrogens (tertiary/aromatic N) is 7. The molecule has 1 aliphatic heterocycles. The number of carbonyl (C=O) groups is 1. The number of hydrogen-bond acceptors (Lipinski definition) is 6. The Morgan fingerprint density at radius 1 is 1.37 bits per heavy atom. The zero-order chi connectivity index (χ0) is 18.8.